The smallest absolute Gasteiger partial charge is 0.251 e. The second-order valence-electron chi connectivity index (χ2n) is 2.89. The highest BCUT2D eigenvalue weighted by Crippen LogP contribution is 2.12. The first-order chi connectivity index (χ1) is 7.69. The number of benzene rings is 1. The van der Waals surface area contributed by atoms with Crippen molar-refractivity contribution in [1.82, 2.24) is 5.32 Å². The van der Waals surface area contributed by atoms with E-state index in [1.807, 2.05) is 0 Å². The lowest BCUT2D eigenvalue weighted by molar-refractivity contribution is -0.107. The van der Waals surface area contributed by atoms with Crippen LogP contribution in [0.1, 0.15) is 10.4 Å². The average molecular weight is 220 g/mol. The zero-order valence-corrected chi connectivity index (χ0v) is 8.34. The second kappa shape index (κ2) is 5.62. The normalized spacial score (nSPS) is 9.31. The van der Waals surface area contributed by atoms with Crippen LogP contribution in [0.15, 0.2) is 24.3 Å². The van der Waals surface area contributed by atoms with Crippen molar-refractivity contribution in [2.75, 3.05) is 11.6 Å². The molecule has 6 heteroatoms. The van der Waals surface area contributed by atoms with Gasteiger partial charge < -0.3 is 5.32 Å². The van der Waals surface area contributed by atoms with Crippen molar-refractivity contribution < 1.29 is 14.4 Å². The standard InChI is InChI=1S/C10H10N3O3/c11-13(7-15)9-3-1-2-8(6-9)10(16)12-4-5-14/h1-3,6-7H,4,11H2,(H,12,16). The molecule has 0 spiro atoms. The van der Waals surface area contributed by atoms with Crippen LogP contribution in [0, 0.1) is 0 Å². The minimum Gasteiger partial charge on any atom is -0.344 e. The molecule has 0 aromatic heterocycles. The number of hydrogen-bond donors (Lipinski definition) is 2. The Morgan fingerprint density at radius 2 is 2.31 bits per heavy atom. The molecule has 1 rings (SSSR count). The zero-order valence-electron chi connectivity index (χ0n) is 8.34. The molecule has 0 saturated carbocycles. The number of anilines is 1. The first-order valence-electron chi connectivity index (χ1n) is 4.41. The van der Waals surface area contributed by atoms with Gasteiger partial charge in [-0.25, -0.2) is 5.84 Å². The molecule has 83 valence electrons. The summed E-state index contributed by atoms with van der Waals surface area (Å²) in [4.78, 5) is 31.8. The number of amides is 2. The Balaban J connectivity index is 2.85. The van der Waals surface area contributed by atoms with E-state index in [0.717, 1.165) is 5.01 Å². The van der Waals surface area contributed by atoms with Gasteiger partial charge in [0, 0.05) is 5.56 Å². The number of hydrazine groups is 1. The van der Waals surface area contributed by atoms with Crippen LogP contribution >= 0.6 is 0 Å². The number of rotatable bonds is 5. The van der Waals surface area contributed by atoms with Crippen LogP contribution in [0.25, 0.3) is 0 Å². The Labute approximate surface area is 92.0 Å². The Kier molecular flexibility index (Phi) is 4.16. The molecule has 0 saturated heterocycles. The SMILES string of the molecule is NN(C=O)c1cccc(C(=O)NC[C]=O)c1. The summed E-state index contributed by atoms with van der Waals surface area (Å²) < 4.78 is 0. The summed E-state index contributed by atoms with van der Waals surface area (Å²) in [5.74, 6) is 4.91. The molecular formula is C10H10N3O3. The summed E-state index contributed by atoms with van der Waals surface area (Å²) in [6.07, 6.45) is 1.97. The van der Waals surface area contributed by atoms with Crippen LogP contribution in [0.4, 0.5) is 5.69 Å². The molecule has 0 unspecified atom stereocenters. The topological polar surface area (TPSA) is 92.5 Å². The van der Waals surface area contributed by atoms with Crippen molar-refractivity contribution in [3.63, 3.8) is 0 Å². The van der Waals surface area contributed by atoms with Crippen LogP contribution in [0.2, 0.25) is 0 Å². The van der Waals surface area contributed by atoms with Gasteiger partial charge in [0.25, 0.3) is 5.91 Å². The summed E-state index contributed by atoms with van der Waals surface area (Å²) in [6.45, 7) is -0.177. The summed E-state index contributed by atoms with van der Waals surface area (Å²) in [7, 11) is 0. The Hall–Kier alpha value is -2.21. The molecule has 0 aliphatic carbocycles. The van der Waals surface area contributed by atoms with E-state index in [2.05, 4.69) is 5.32 Å². The molecule has 0 fully saturated rings. The third-order valence-electron chi connectivity index (χ3n) is 1.84. The van der Waals surface area contributed by atoms with Crippen molar-refractivity contribution in [1.29, 1.82) is 0 Å². The van der Waals surface area contributed by atoms with Crippen LogP contribution in [0.5, 0.6) is 0 Å². The summed E-state index contributed by atoms with van der Waals surface area (Å²) >= 11 is 0. The van der Waals surface area contributed by atoms with Crippen molar-refractivity contribution in [3.05, 3.63) is 29.8 Å². The number of nitrogens with one attached hydrogen (secondary N) is 1. The van der Waals surface area contributed by atoms with Gasteiger partial charge in [-0.2, -0.15) is 0 Å². The van der Waals surface area contributed by atoms with Gasteiger partial charge in [0.05, 0.1) is 12.2 Å². The molecule has 0 aliphatic heterocycles. The van der Waals surface area contributed by atoms with Gasteiger partial charge in [-0.15, -0.1) is 0 Å². The van der Waals surface area contributed by atoms with E-state index in [1.165, 1.54) is 6.07 Å². The third-order valence-corrected chi connectivity index (χ3v) is 1.84. The molecule has 0 aliphatic rings. The molecule has 0 heterocycles. The van der Waals surface area contributed by atoms with Crippen LogP contribution in [-0.2, 0) is 9.59 Å². The van der Waals surface area contributed by atoms with Crippen molar-refractivity contribution in [2.45, 2.75) is 0 Å². The molecule has 6 nitrogen and oxygen atoms in total. The van der Waals surface area contributed by atoms with Gasteiger partial charge in [-0.05, 0) is 18.2 Å². The number of nitrogens with two attached hydrogens (primary N) is 1. The predicted octanol–water partition coefficient (Wildman–Crippen LogP) is -0.637. The minimum absolute atomic E-state index is 0.177. The molecule has 0 atom stereocenters. The maximum absolute atomic E-state index is 11.4. The Morgan fingerprint density at radius 3 is 2.94 bits per heavy atom. The quantitative estimate of drug-likeness (QED) is 0.299. The van der Waals surface area contributed by atoms with Crippen LogP contribution < -0.4 is 16.2 Å². The molecule has 16 heavy (non-hydrogen) atoms. The number of hydrogen-bond acceptors (Lipinski definition) is 4. The van der Waals surface area contributed by atoms with Crippen molar-refractivity contribution in [2.24, 2.45) is 5.84 Å². The lowest BCUT2D eigenvalue weighted by Crippen LogP contribution is -2.29. The lowest BCUT2D eigenvalue weighted by atomic mass is 10.2. The van der Waals surface area contributed by atoms with E-state index in [9.17, 15) is 14.4 Å². The van der Waals surface area contributed by atoms with Gasteiger partial charge in [0.15, 0.2) is 0 Å². The fraction of sp³-hybridized carbons (Fsp3) is 0.100. The Morgan fingerprint density at radius 1 is 1.56 bits per heavy atom. The van der Waals surface area contributed by atoms with Gasteiger partial charge in [0.2, 0.25) is 12.7 Å². The molecule has 2 amide bonds. The van der Waals surface area contributed by atoms with Gasteiger partial charge in [0.1, 0.15) is 0 Å². The molecule has 1 aromatic carbocycles. The highest BCUT2D eigenvalue weighted by Gasteiger charge is 2.07. The summed E-state index contributed by atoms with van der Waals surface area (Å²) in [6, 6.07) is 6.14. The van der Waals surface area contributed by atoms with Gasteiger partial charge in [-0.1, -0.05) is 6.07 Å². The second-order valence-corrected chi connectivity index (χ2v) is 2.89. The highest BCUT2D eigenvalue weighted by atomic mass is 16.2. The first kappa shape index (κ1) is 11.9. The van der Waals surface area contributed by atoms with E-state index in [-0.39, 0.29) is 6.54 Å². The fourth-order valence-corrected chi connectivity index (χ4v) is 1.09. The maximum Gasteiger partial charge on any atom is 0.251 e. The average Bonchev–Trinajstić information content (AvgIpc) is 2.35. The predicted molar refractivity (Wildman–Crippen MR) is 57.2 cm³/mol. The van der Waals surface area contributed by atoms with E-state index in [4.69, 9.17) is 5.84 Å². The van der Waals surface area contributed by atoms with Gasteiger partial charge >= 0.3 is 0 Å². The third kappa shape index (κ3) is 2.89. The first-order valence-corrected chi connectivity index (χ1v) is 4.41. The molecule has 3 N–H and O–H groups in total. The number of carbonyl (C=O) groups excluding carboxylic acids is 3. The summed E-state index contributed by atoms with van der Waals surface area (Å²) in [5.41, 5.74) is 0.697. The Bertz CT molecular complexity index is 406. The minimum atomic E-state index is -0.426. The lowest BCUT2D eigenvalue weighted by Gasteiger charge is -2.11. The van der Waals surface area contributed by atoms with Crippen LogP contribution in [-0.4, -0.2) is 25.1 Å². The van der Waals surface area contributed by atoms with Crippen LogP contribution in [0.3, 0.4) is 0 Å². The maximum atomic E-state index is 11.4. The molecule has 1 radical (unpaired) electrons. The van der Waals surface area contributed by atoms with Gasteiger partial charge in [-0.3, -0.25) is 19.4 Å². The number of carbonyl (C=O) groups is 2. The zero-order chi connectivity index (χ0) is 12.0. The summed E-state index contributed by atoms with van der Waals surface area (Å²) in [5, 5.41) is 3.17. The van der Waals surface area contributed by atoms with E-state index >= 15 is 0 Å². The van der Waals surface area contributed by atoms with E-state index in [0.29, 0.717) is 17.7 Å². The van der Waals surface area contributed by atoms with Crippen molar-refractivity contribution in [3.8, 4) is 0 Å². The molecule has 0 bridgehead atoms. The molecular weight excluding hydrogens is 210 g/mol. The van der Waals surface area contributed by atoms with E-state index < -0.39 is 5.91 Å². The highest BCUT2D eigenvalue weighted by molar-refractivity contribution is 5.96. The number of nitrogens with zero attached hydrogens (tertiary/aromatic N) is 1. The van der Waals surface area contributed by atoms with E-state index in [1.54, 1.807) is 24.5 Å². The van der Waals surface area contributed by atoms with Crippen molar-refractivity contribution >= 4 is 24.3 Å². The monoisotopic (exact) mass is 220 g/mol. The largest absolute Gasteiger partial charge is 0.344 e. The fourth-order valence-electron chi connectivity index (χ4n) is 1.09. The molecule has 1 aromatic rings.